The van der Waals surface area contributed by atoms with E-state index in [1.54, 1.807) is 30.6 Å². The highest BCUT2D eigenvalue weighted by Crippen LogP contribution is 2.36. The number of hydrogen-bond acceptors (Lipinski definition) is 7. The van der Waals surface area contributed by atoms with Crippen molar-refractivity contribution < 1.29 is 14.3 Å². The second-order valence-electron chi connectivity index (χ2n) is 7.18. The van der Waals surface area contributed by atoms with Crippen LogP contribution in [0.3, 0.4) is 0 Å². The van der Waals surface area contributed by atoms with Crippen LogP contribution in [0.4, 0.5) is 5.82 Å². The lowest BCUT2D eigenvalue weighted by Gasteiger charge is -2.36. The fourth-order valence-corrected chi connectivity index (χ4v) is 3.86. The van der Waals surface area contributed by atoms with Gasteiger partial charge in [-0.3, -0.25) is 4.79 Å². The van der Waals surface area contributed by atoms with Crippen LogP contribution < -0.4 is 14.4 Å². The molecule has 1 saturated heterocycles. The minimum absolute atomic E-state index is 0.0566. The Balaban J connectivity index is 1.36. The number of carbonyl (C=O) groups excluding carboxylic acids is 1. The van der Waals surface area contributed by atoms with Crippen LogP contribution in [0.5, 0.6) is 11.5 Å². The van der Waals surface area contributed by atoms with E-state index in [1.807, 2.05) is 17.0 Å². The lowest BCUT2D eigenvalue weighted by Crippen LogP contribution is -2.49. The smallest absolute Gasteiger partial charge is 0.254 e. The third-order valence-electron chi connectivity index (χ3n) is 5.38. The maximum Gasteiger partial charge on any atom is 0.254 e. The van der Waals surface area contributed by atoms with Gasteiger partial charge in [-0.05, 0) is 24.3 Å². The van der Waals surface area contributed by atoms with E-state index < -0.39 is 0 Å². The number of piperazine rings is 1. The number of nitrogens with zero attached hydrogens (tertiary/aromatic N) is 5. The second kappa shape index (κ2) is 7.52. The van der Waals surface area contributed by atoms with E-state index in [0.29, 0.717) is 62.0 Å². The van der Waals surface area contributed by atoms with Crippen molar-refractivity contribution in [1.82, 2.24) is 14.9 Å². The molecule has 3 heterocycles. The fraction of sp³-hybridized carbons (Fsp3) is 0.273. The molecule has 0 N–H and O–H groups in total. The van der Waals surface area contributed by atoms with Gasteiger partial charge in [0, 0.05) is 43.2 Å². The van der Waals surface area contributed by atoms with Gasteiger partial charge in [-0.25, -0.2) is 9.97 Å². The average molecular weight is 401 g/mol. The molecule has 0 unspecified atom stereocenters. The number of rotatable bonds is 2. The minimum atomic E-state index is -0.0566. The molecule has 0 radical (unpaired) electrons. The molecule has 1 fully saturated rings. The molecule has 0 saturated carbocycles. The summed E-state index contributed by atoms with van der Waals surface area (Å²) in [5.41, 5.74) is 1.83. The first-order valence-electron chi connectivity index (χ1n) is 9.82. The quantitative estimate of drug-likeness (QED) is 0.650. The van der Waals surface area contributed by atoms with Crippen molar-refractivity contribution in [1.29, 1.82) is 5.26 Å². The fourth-order valence-electron chi connectivity index (χ4n) is 3.86. The zero-order chi connectivity index (χ0) is 20.5. The zero-order valence-corrected chi connectivity index (χ0v) is 16.2. The Bertz CT molecular complexity index is 1170. The summed E-state index contributed by atoms with van der Waals surface area (Å²) in [6.45, 7) is 3.52. The summed E-state index contributed by atoms with van der Waals surface area (Å²) in [6.07, 6.45) is 1.55. The van der Waals surface area contributed by atoms with Crippen LogP contribution in [0, 0.1) is 11.3 Å². The molecule has 2 aromatic carbocycles. The van der Waals surface area contributed by atoms with Crippen molar-refractivity contribution in [3.05, 3.63) is 53.9 Å². The highest BCUT2D eigenvalue weighted by atomic mass is 16.6. The summed E-state index contributed by atoms with van der Waals surface area (Å²) in [5, 5.41) is 9.97. The molecule has 0 bridgehead atoms. The summed E-state index contributed by atoms with van der Waals surface area (Å²) >= 11 is 0. The molecule has 0 aliphatic carbocycles. The molecule has 8 nitrogen and oxygen atoms in total. The Kier molecular flexibility index (Phi) is 4.56. The summed E-state index contributed by atoms with van der Waals surface area (Å²) in [6, 6.07) is 12.7. The van der Waals surface area contributed by atoms with Crippen LogP contribution in [-0.4, -0.2) is 60.2 Å². The predicted molar refractivity (Wildman–Crippen MR) is 110 cm³/mol. The van der Waals surface area contributed by atoms with Crippen molar-refractivity contribution in [3.8, 4) is 17.6 Å². The van der Waals surface area contributed by atoms with Gasteiger partial charge in [-0.1, -0.05) is 6.07 Å². The molecule has 1 amide bonds. The standard InChI is InChI=1S/C22H19N5O3/c23-13-15-2-1-3-16(10-15)22(28)27-6-4-26(5-7-27)21-17-11-19-20(30-9-8-29-19)12-18(17)24-14-25-21/h1-3,10-12,14H,4-9H2. The lowest BCUT2D eigenvalue weighted by molar-refractivity contribution is 0.0746. The number of benzene rings is 2. The van der Waals surface area contributed by atoms with Crippen LogP contribution in [0.2, 0.25) is 0 Å². The zero-order valence-electron chi connectivity index (χ0n) is 16.2. The summed E-state index contributed by atoms with van der Waals surface area (Å²) in [7, 11) is 0. The van der Waals surface area contributed by atoms with Gasteiger partial charge in [0.1, 0.15) is 25.4 Å². The van der Waals surface area contributed by atoms with Gasteiger partial charge in [0.2, 0.25) is 0 Å². The Labute approximate surface area is 173 Å². The molecule has 150 valence electrons. The number of anilines is 1. The number of amides is 1. The molecule has 2 aliphatic heterocycles. The molecular formula is C22H19N5O3. The Morgan fingerprint density at radius 2 is 1.77 bits per heavy atom. The predicted octanol–water partition coefficient (Wildman–Crippen LogP) is 2.24. The highest BCUT2D eigenvalue weighted by molar-refractivity contribution is 5.95. The van der Waals surface area contributed by atoms with E-state index in [9.17, 15) is 4.79 Å². The van der Waals surface area contributed by atoms with Gasteiger partial charge in [0.15, 0.2) is 11.5 Å². The Morgan fingerprint density at radius 3 is 2.53 bits per heavy atom. The van der Waals surface area contributed by atoms with Crippen LogP contribution >= 0.6 is 0 Å². The summed E-state index contributed by atoms with van der Waals surface area (Å²) in [5.74, 6) is 2.18. The average Bonchev–Trinajstić information content (AvgIpc) is 2.82. The van der Waals surface area contributed by atoms with Crippen molar-refractivity contribution in [2.75, 3.05) is 44.3 Å². The van der Waals surface area contributed by atoms with Crippen molar-refractivity contribution in [2.24, 2.45) is 0 Å². The van der Waals surface area contributed by atoms with Gasteiger partial charge in [-0.2, -0.15) is 5.26 Å². The van der Waals surface area contributed by atoms with Crippen LogP contribution in [0.1, 0.15) is 15.9 Å². The highest BCUT2D eigenvalue weighted by Gasteiger charge is 2.25. The first kappa shape index (κ1) is 18.2. The number of ether oxygens (including phenoxy) is 2. The third-order valence-corrected chi connectivity index (χ3v) is 5.38. The monoisotopic (exact) mass is 401 g/mol. The van der Waals surface area contributed by atoms with Crippen LogP contribution in [-0.2, 0) is 0 Å². The van der Waals surface area contributed by atoms with E-state index in [-0.39, 0.29) is 5.91 Å². The summed E-state index contributed by atoms with van der Waals surface area (Å²) < 4.78 is 11.4. The minimum Gasteiger partial charge on any atom is -0.486 e. The van der Waals surface area contributed by atoms with E-state index in [1.165, 1.54) is 0 Å². The largest absolute Gasteiger partial charge is 0.486 e. The van der Waals surface area contributed by atoms with E-state index in [4.69, 9.17) is 14.7 Å². The SMILES string of the molecule is N#Cc1cccc(C(=O)N2CCN(c3ncnc4cc5c(cc34)OCCO5)CC2)c1. The first-order valence-corrected chi connectivity index (χ1v) is 9.82. The molecule has 2 aliphatic rings. The second-order valence-corrected chi connectivity index (χ2v) is 7.18. The van der Waals surface area contributed by atoms with Crippen molar-refractivity contribution in [3.63, 3.8) is 0 Å². The number of hydrogen-bond donors (Lipinski definition) is 0. The summed E-state index contributed by atoms with van der Waals surface area (Å²) in [4.78, 5) is 25.7. The normalized spacial score (nSPS) is 15.7. The maximum absolute atomic E-state index is 12.8. The van der Waals surface area contributed by atoms with E-state index >= 15 is 0 Å². The van der Waals surface area contributed by atoms with Gasteiger partial charge in [-0.15, -0.1) is 0 Å². The van der Waals surface area contributed by atoms with E-state index in [2.05, 4.69) is 20.9 Å². The van der Waals surface area contributed by atoms with Crippen molar-refractivity contribution in [2.45, 2.75) is 0 Å². The lowest BCUT2D eigenvalue weighted by atomic mass is 10.1. The number of aromatic nitrogens is 2. The number of nitriles is 1. The molecular weight excluding hydrogens is 382 g/mol. The molecule has 3 aromatic rings. The first-order chi connectivity index (χ1) is 14.7. The van der Waals surface area contributed by atoms with Gasteiger partial charge in [0.05, 0.1) is 17.1 Å². The number of carbonyl (C=O) groups is 1. The molecule has 0 spiro atoms. The molecule has 1 aromatic heterocycles. The van der Waals surface area contributed by atoms with Crippen molar-refractivity contribution >= 4 is 22.6 Å². The van der Waals surface area contributed by atoms with Crippen LogP contribution in [0.15, 0.2) is 42.7 Å². The molecule has 8 heteroatoms. The third kappa shape index (κ3) is 3.24. The molecule has 30 heavy (non-hydrogen) atoms. The Morgan fingerprint density at radius 1 is 1.00 bits per heavy atom. The number of fused-ring (bicyclic) bond motifs is 2. The van der Waals surface area contributed by atoms with Gasteiger partial charge in [0.25, 0.3) is 5.91 Å². The van der Waals surface area contributed by atoms with Gasteiger partial charge >= 0.3 is 0 Å². The maximum atomic E-state index is 12.8. The topological polar surface area (TPSA) is 91.6 Å². The molecule has 0 atom stereocenters. The van der Waals surface area contributed by atoms with E-state index in [0.717, 1.165) is 16.7 Å². The van der Waals surface area contributed by atoms with Crippen LogP contribution in [0.25, 0.3) is 10.9 Å². The van der Waals surface area contributed by atoms with Gasteiger partial charge < -0.3 is 19.3 Å². The Hall–Kier alpha value is -3.86. The molecule has 5 rings (SSSR count).